The molecule has 0 aliphatic heterocycles. The van der Waals surface area contributed by atoms with E-state index in [4.69, 9.17) is 28.3 Å². The van der Waals surface area contributed by atoms with Crippen molar-refractivity contribution in [2.45, 2.75) is 18.4 Å². The number of halogens is 2. The van der Waals surface area contributed by atoms with Crippen LogP contribution in [0, 0.1) is 0 Å². The molecule has 9 heavy (non-hydrogen) atoms. The molecule has 0 fully saturated rings. The van der Waals surface area contributed by atoms with E-state index in [1.54, 1.807) is 0 Å². The zero-order valence-corrected chi connectivity index (χ0v) is 6.49. The number of hydrogen-bond acceptors (Lipinski definition) is 2. The number of Topliss-reactive ketones (excluding diaryl/α,β-unsaturated/α-hetero) is 1. The van der Waals surface area contributed by atoms with Crippen LogP contribution in [0.2, 0.25) is 0 Å². The van der Waals surface area contributed by atoms with Gasteiger partial charge in [0.15, 0.2) is 0 Å². The van der Waals surface area contributed by atoms with Crippen LogP contribution in [-0.2, 0) is 4.79 Å². The summed E-state index contributed by atoms with van der Waals surface area (Å²) in [6, 6.07) is 0. The first kappa shape index (κ1) is 9.21. The molecule has 0 aliphatic rings. The van der Waals surface area contributed by atoms with Crippen LogP contribution in [0.15, 0.2) is 0 Å². The summed E-state index contributed by atoms with van der Waals surface area (Å²) in [5.74, 6) is -0.266. The van der Waals surface area contributed by atoms with Gasteiger partial charge in [0.2, 0.25) is 0 Å². The maximum atomic E-state index is 10.4. The molecule has 1 N–H and O–H groups in total. The zero-order chi connectivity index (χ0) is 7.44. The molecule has 0 aromatic heterocycles. The molecule has 2 atom stereocenters. The molecule has 4 heteroatoms. The summed E-state index contributed by atoms with van der Waals surface area (Å²) in [6.07, 6.45) is -0.925. The molecule has 2 unspecified atom stereocenters. The van der Waals surface area contributed by atoms with E-state index >= 15 is 0 Å². The molecule has 0 aromatic rings. The second-order valence-corrected chi connectivity index (χ2v) is 2.51. The van der Waals surface area contributed by atoms with Crippen molar-refractivity contribution in [1.29, 1.82) is 0 Å². The second kappa shape index (κ2) is 4.09. The van der Waals surface area contributed by atoms with Crippen molar-refractivity contribution >= 4 is 29.0 Å². The van der Waals surface area contributed by atoms with Gasteiger partial charge < -0.3 is 5.11 Å². The molecule has 0 aliphatic carbocycles. The first-order chi connectivity index (χ1) is 4.09. The van der Waals surface area contributed by atoms with Gasteiger partial charge in [0.1, 0.15) is 11.2 Å². The maximum absolute atomic E-state index is 10.4. The molecular formula is C5H8Cl2O2. The summed E-state index contributed by atoms with van der Waals surface area (Å²) in [4.78, 5) is 10.4. The highest BCUT2D eigenvalue weighted by Gasteiger charge is 2.19. The van der Waals surface area contributed by atoms with E-state index in [-0.39, 0.29) is 11.7 Å². The molecule has 0 rings (SSSR count). The Morgan fingerprint density at radius 1 is 1.78 bits per heavy atom. The second-order valence-electron chi connectivity index (χ2n) is 1.73. The number of ketones is 1. The number of hydrogen-bond donors (Lipinski definition) is 1. The minimum absolute atomic E-state index is 0.00620. The van der Waals surface area contributed by atoms with Gasteiger partial charge in [-0.25, -0.2) is 0 Å². The third kappa shape index (κ3) is 3.04. The Bertz CT molecular complexity index is 105. The first-order valence-electron chi connectivity index (χ1n) is 2.48. The van der Waals surface area contributed by atoms with E-state index in [2.05, 4.69) is 0 Å². The fraction of sp³-hybridized carbons (Fsp3) is 0.800. The largest absolute Gasteiger partial charge is 0.390 e. The van der Waals surface area contributed by atoms with Crippen molar-refractivity contribution in [1.82, 2.24) is 0 Å². The molecule has 0 saturated carbocycles. The van der Waals surface area contributed by atoms with Crippen molar-refractivity contribution in [3.8, 4) is 0 Å². The average molecular weight is 171 g/mol. The Morgan fingerprint density at radius 2 is 2.22 bits per heavy atom. The van der Waals surface area contributed by atoms with Gasteiger partial charge >= 0.3 is 0 Å². The van der Waals surface area contributed by atoms with Crippen molar-refractivity contribution in [3.05, 3.63) is 0 Å². The Kier molecular flexibility index (Phi) is 4.19. The smallest absolute Gasteiger partial charge is 0.150 e. The van der Waals surface area contributed by atoms with Gasteiger partial charge in [-0.15, -0.1) is 23.2 Å². The van der Waals surface area contributed by atoms with Crippen LogP contribution in [0.4, 0.5) is 0 Å². The van der Waals surface area contributed by atoms with Gasteiger partial charge in [-0.05, 0) is 6.92 Å². The van der Waals surface area contributed by atoms with Crippen molar-refractivity contribution < 1.29 is 9.90 Å². The van der Waals surface area contributed by atoms with E-state index < -0.39 is 11.5 Å². The van der Waals surface area contributed by atoms with Gasteiger partial charge in [0, 0.05) is 0 Å². The van der Waals surface area contributed by atoms with E-state index in [0.29, 0.717) is 0 Å². The van der Waals surface area contributed by atoms with Crippen LogP contribution in [0.3, 0.4) is 0 Å². The van der Waals surface area contributed by atoms with Crippen molar-refractivity contribution in [2.24, 2.45) is 0 Å². The van der Waals surface area contributed by atoms with E-state index in [1.165, 1.54) is 6.92 Å². The molecular weight excluding hydrogens is 163 g/mol. The van der Waals surface area contributed by atoms with Gasteiger partial charge in [-0.1, -0.05) is 0 Å². The van der Waals surface area contributed by atoms with Crippen LogP contribution in [0.1, 0.15) is 6.92 Å². The average Bonchev–Trinajstić information content (AvgIpc) is 1.84. The summed E-state index contributed by atoms with van der Waals surface area (Å²) < 4.78 is 0. The van der Waals surface area contributed by atoms with Gasteiger partial charge in [-0.2, -0.15) is 0 Å². The lowest BCUT2D eigenvalue weighted by atomic mass is 10.2. The highest BCUT2D eigenvalue weighted by atomic mass is 35.5. The number of alkyl halides is 2. The minimum atomic E-state index is -0.925. The Labute approximate surface area is 63.8 Å². The highest BCUT2D eigenvalue weighted by Crippen LogP contribution is 2.05. The highest BCUT2D eigenvalue weighted by molar-refractivity contribution is 6.32. The molecule has 0 bridgehead atoms. The number of aliphatic hydroxyl groups excluding tert-OH is 1. The topological polar surface area (TPSA) is 37.3 Å². The van der Waals surface area contributed by atoms with Crippen LogP contribution in [0.25, 0.3) is 0 Å². The van der Waals surface area contributed by atoms with Gasteiger partial charge in [-0.3, -0.25) is 4.79 Å². The molecule has 0 saturated heterocycles. The maximum Gasteiger partial charge on any atom is 0.150 e. The number of rotatable bonds is 3. The van der Waals surface area contributed by atoms with Crippen LogP contribution < -0.4 is 0 Å². The van der Waals surface area contributed by atoms with Crippen molar-refractivity contribution in [2.75, 3.05) is 5.88 Å². The van der Waals surface area contributed by atoms with Crippen LogP contribution in [-0.4, -0.2) is 28.3 Å². The number of aliphatic hydroxyl groups is 1. The Hall–Kier alpha value is 0.210. The molecule has 0 aromatic carbocycles. The quantitative estimate of drug-likeness (QED) is 0.637. The molecule has 2 nitrogen and oxygen atoms in total. The predicted octanol–water partition coefficient (Wildman–Crippen LogP) is 0.782. The zero-order valence-electron chi connectivity index (χ0n) is 4.97. The van der Waals surface area contributed by atoms with Crippen molar-refractivity contribution in [3.63, 3.8) is 0 Å². The van der Waals surface area contributed by atoms with Gasteiger partial charge in [0.05, 0.1) is 12.0 Å². The summed E-state index contributed by atoms with van der Waals surface area (Å²) >= 11 is 10.6. The summed E-state index contributed by atoms with van der Waals surface area (Å²) in [6.45, 7) is 1.31. The molecule has 0 spiro atoms. The lowest BCUT2D eigenvalue weighted by molar-refractivity contribution is -0.118. The molecule has 0 radical (unpaired) electrons. The van der Waals surface area contributed by atoms with E-state index in [9.17, 15) is 4.79 Å². The first-order valence-corrected chi connectivity index (χ1v) is 3.45. The van der Waals surface area contributed by atoms with Crippen LogP contribution in [0.5, 0.6) is 0 Å². The molecule has 0 heterocycles. The minimum Gasteiger partial charge on any atom is -0.390 e. The lowest BCUT2D eigenvalue weighted by Crippen LogP contribution is -2.28. The Morgan fingerprint density at radius 3 is 2.33 bits per heavy atom. The SMILES string of the molecule is CC(=O)C(Cl)C(O)CCl. The number of carbonyl (C=O) groups is 1. The predicted molar refractivity (Wildman–Crippen MR) is 37.0 cm³/mol. The van der Waals surface area contributed by atoms with Crippen LogP contribution >= 0.6 is 23.2 Å². The normalized spacial score (nSPS) is 16.9. The third-order valence-corrected chi connectivity index (χ3v) is 1.80. The monoisotopic (exact) mass is 170 g/mol. The summed E-state index contributed by atoms with van der Waals surface area (Å²) in [7, 11) is 0. The fourth-order valence-corrected chi connectivity index (χ4v) is 0.708. The molecule has 0 amide bonds. The summed E-state index contributed by atoms with van der Waals surface area (Å²) in [5, 5.41) is 7.95. The van der Waals surface area contributed by atoms with Gasteiger partial charge in [0.25, 0.3) is 0 Å². The fourth-order valence-electron chi connectivity index (χ4n) is 0.349. The van der Waals surface area contributed by atoms with E-state index in [1.807, 2.05) is 0 Å². The lowest BCUT2D eigenvalue weighted by Gasteiger charge is -2.09. The Balaban J connectivity index is 3.72. The third-order valence-electron chi connectivity index (χ3n) is 0.884. The standard InChI is InChI=1S/C5H8Cl2O2/c1-3(8)5(7)4(9)2-6/h4-5,9H,2H2,1H3. The molecule has 54 valence electrons. The summed E-state index contributed by atoms with van der Waals surface area (Å²) in [5.41, 5.74) is 0. The van der Waals surface area contributed by atoms with E-state index in [0.717, 1.165) is 0 Å². The number of carbonyl (C=O) groups excluding carboxylic acids is 1.